The van der Waals surface area contributed by atoms with Crippen molar-refractivity contribution in [3.8, 4) is 11.5 Å². The van der Waals surface area contributed by atoms with Gasteiger partial charge in [0.2, 0.25) is 6.79 Å². The quantitative estimate of drug-likeness (QED) is 0.874. The highest BCUT2D eigenvalue weighted by molar-refractivity contribution is 5.93. The molecule has 102 valence electrons. The molecule has 20 heavy (non-hydrogen) atoms. The van der Waals surface area contributed by atoms with Crippen molar-refractivity contribution >= 4 is 5.91 Å². The van der Waals surface area contributed by atoms with Gasteiger partial charge in [0.1, 0.15) is 5.56 Å². The van der Waals surface area contributed by atoms with Gasteiger partial charge in [-0.05, 0) is 6.07 Å². The van der Waals surface area contributed by atoms with Crippen molar-refractivity contribution in [1.82, 2.24) is 10.3 Å². The second-order valence-electron chi connectivity index (χ2n) is 4.26. The first kappa shape index (κ1) is 12.3. The molecule has 0 atom stereocenters. The molecule has 0 aliphatic carbocycles. The molecule has 2 aromatic rings. The van der Waals surface area contributed by atoms with Gasteiger partial charge in [-0.3, -0.25) is 9.59 Å². The van der Waals surface area contributed by atoms with E-state index in [0.29, 0.717) is 11.5 Å². The third-order valence-electron chi connectivity index (χ3n) is 2.99. The minimum absolute atomic E-state index is 0.0808. The number of amides is 1. The second-order valence-corrected chi connectivity index (χ2v) is 4.26. The fourth-order valence-electron chi connectivity index (χ4n) is 1.99. The van der Waals surface area contributed by atoms with Crippen LogP contribution in [0.1, 0.15) is 15.9 Å². The minimum Gasteiger partial charge on any atom is -0.454 e. The minimum atomic E-state index is -0.427. The van der Waals surface area contributed by atoms with Gasteiger partial charge in [-0.15, -0.1) is 0 Å². The summed E-state index contributed by atoms with van der Waals surface area (Å²) in [7, 11) is 0. The summed E-state index contributed by atoms with van der Waals surface area (Å²) >= 11 is 0. The predicted molar refractivity (Wildman–Crippen MR) is 70.8 cm³/mol. The number of benzene rings is 1. The van der Waals surface area contributed by atoms with E-state index in [2.05, 4.69) is 10.3 Å². The van der Waals surface area contributed by atoms with Gasteiger partial charge < -0.3 is 19.8 Å². The molecule has 1 aliphatic rings. The van der Waals surface area contributed by atoms with Gasteiger partial charge in [0.05, 0.1) is 0 Å². The van der Waals surface area contributed by atoms with Crippen LogP contribution in [-0.2, 0) is 6.54 Å². The van der Waals surface area contributed by atoms with Crippen LogP contribution in [0.2, 0.25) is 0 Å². The average molecular weight is 272 g/mol. The molecule has 1 amide bonds. The highest BCUT2D eigenvalue weighted by Gasteiger charge is 2.18. The number of aromatic nitrogens is 1. The number of hydrogen-bond acceptors (Lipinski definition) is 4. The summed E-state index contributed by atoms with van der Waals surface area (Å²) < 4.78 is 10.6. The van der Waals surface area contributed by atoms with Crippen molar-refractivity contribution < 1.29 is 14.3 Å². The fourth-order valence-corrected chi connectivity index (χ4v) is 1.99. The van der Waals surface area contributed by atoms with E-state index in [1.807, 2.05) is 12.1 Å². The Bertz CT molecular complexity index is 708. The maximum absolute atomic E-state index is 11.9. The van der Waals surface area contributed by atoms with E-state index in [9.17, 15) is 9.59 Å². The molecule has 2 heterocycles. The van der Waals surface area contributed by atoms with Crippen molar-refractivity contribution in [1.29, 1.82) is 0 Å². The highest BCUT2D eigenvalue weighted by atomic mass is 16.7. The van der Waals surface area contributed by atoms with Gasteiger partial charge in [0.25, 0.3) is 5.91 Å². The van der Waals surface area contributed by atoms with E-state index < -0.39 is 5.91 Å². The van der Waals surface area contributed by atoms with Crippen LogP contribution < -0.4 is 20.2 Å². The molecule has 1 aromatic heterocycles. The summed E-state index contributed by atoms with van der Waals surface area (Å²) in [5, 5.41) is 2.69. The zero-order valence-electron chi connectivity index (χ0n) is 10.5. The Balaban J connectivity index is 1.75. The molecular formula is C14H12N2O4. The SMILES string of the molecule is O=C(NCc1cccc2c1OCO2)c1c[nH]ccc1=O. The third kappa shape index (κ3) is 2.23. The zero-order chi connectivity index (χ0) is 13.9. The molecule has 0 saturated heterocycles. The van der Waals surface area contributed by atoms with E-state index in [0.717, 1.165) is 5.56 Å². The van der Waals surface area contributed by atoms with Crippen molar-refractivity contribution in [2.45, 2.75) is 6.54 Å². The molecule has 2 N–H and O–H groups in total. The normalized spacial score (nSPS) is 12.2. The Labute approximate surface area is 114 Å². The van der Waals surface area contributed by atoms with Crippen LogP contribution in [0.4, 0.5) is 0 Å². The van der Waals surface area contributed by atoms with E-state index in [1.165, 1.54) is 18.5 Å². The lowest BCUT2D eigenvalue weighted by Crippen LogP contribution is -2.28. The lowest BCUT2D eigenvalue weighted by atomic mass is 10.1. The van der Waals surface area contributed by atoms with Gasteiger partial charge in [0.15, 0.2) is 16.9 Å². The number of para-hydroxylation sites is 1. The Morgan fingerprint density at radius 2 is 2.20 bits per heavy atom. The second kappa shape index (κ2) is 5.08. The van der Waals surface area contributed by atoms with Gasteiger partial charge in [0, 0.05) is 30.6 Å². The van der Waals surface area contributed by atoms with Crippen LogP contribution in [0.25, 0.3) is 0 Å². The Kier molecular flexibility index (Phi) is 3.12. The number of carbonyl (C=O) groups is 1. The molecule has 0 unspecified atom stereocenters. The third-order valence-corrected chi connectivity index (χ3v) is 2.99. The van der Waals surface area contributed by atoms with Crippen molar-refractivity contribution in [2.24, 2.45) is 0 Å². The standard InChI is InChI=1S/C14H12N2O4/c17-11-4-5-15-7-10(11)14(18)16-6-9-2-1-3-12-13(9)20-8-19-12/h1-5,7H,6,8H2,(H,15,17)(H,16,18). The lowest BCUT2D eigenvalue weighted by molar-refractivity contribution is 0.0949. The van der Waals surface area contributed by atoms with E-state index in [-0.39, 0.29) is 24.3 Å². The average Bonchev–Trinajstić information content (AvgIpc) is 2.94. The molecule has 0 fully saturated rings. The first-order valence-corrected chi connectivity index (χ1v) is 6.08. The maximum atomic E-state index is 11.9. The summed E-state index contributed by atoms with van der Waals surface area (Å²) in [5.74, 6) is 0.868. The number of ether oxygens (including phenoxy) is 2. The van der Waals surface area contributed by atoms with E-state index in [1.54, 1.807) is 6.07 Å². The van der Waals surface area contributed by atoms with Crippen molar-refractivity contribution in [3.63, 3.8) is 0 Å². The number of hydrogen-bond donors (Lipinski definition) is 2. The summed E-state index contributed by atoms with van der Waals surface area (Å²) in [6.07, 6.45) is 2.86. The zero-order valence-corrected chi connectivity index (χ0v) is 10.5. The van der Waals surface area contributed by atoms with Gasteiger partial charge >= 0.3 is 0 Å². The van der Waals surface area contributed by atoms with Crippen LogP contribution in [0.5, 0.6) is 11.5 Å². The number of carbonyl (C=O) groups excluding carboxylic acids is 1. The molecule has 6 nitrogen and oxygen atoms in total. The number of pyridine rings is 1. The van der Waals surface area contributed by atoms with Crippen LogP contribution >= 0.6 is 0 Å². The molecule has 1 aliphatic heterocycles. The largest absolute Gasteiger partial charge is 0.454 e. The van der Waals surface area contributed by atoms with Crippen LogP contribution in [-0.4, -0.2) is 17.7 Å². The lowest BCUT2D eigenvalue weighted by Gasteiger charge is -2.07. The summed E-state index contributed by atoms with van der Waals surface area (Å²) in [4.78, 5) is 26.2. The van der Waals surface area contributed by atoms with Crippen molar-refractivity contribution in [2.75, 3.05) is 6.79 Å². The molecule has 0 spiro atoms. The predicted octanol–water partition coefficient (Wildman–Crippen LogP) is 1.03. The van der Waals surface area contributed by atoms with Gasteiger partial charge in [-0.2, -0.15) is 0 Å². The monoisotopic (exact) mass is 272 g/mol. The topological polar surface area (TPSA) is 80.4 Å². The molecule has 0 bridgehead atoms. The first-order chi connectivity index (χ1) is 9.75. The van der Waals surface area contributed by atoms with E-state index in [4.69, 9.17) is 9.47 Å². The Morgan fingerprint density at radius 1 is 1.30 bits per heavy atom. The smallest absolute Gasteiger partial charge is 0.257 e. The van der Waals surface area contributed by atoms with Gasteiger partial charge in [-0.1, -0.05) is 12.1 Å². The van der Waals surface area contributed by atoms with E-state index >= 15 is 0 Å². The van der Waals surface area contributed by atoms with Gasteiger partial charge in [-0.25, -0.2) is 0 Å². The number of aromatic amines is 1. The Hall–Kier alpha value is -2.76. The van der Waals surface area contributed by atoms with Crippen LogP contribution in [0.15, 0.2) is 41.5 Å². The molecule has 6 heteroatoms. The number of nitrogens with one attached hydrogen (secondary N) is 2. The first-order valence-electron chi connectivity index (χ1n) is 6.08. The summed E-state index contributed by atoms with van der Waals surface area (Å²) in [6.45, 7) is 0.443. The Morgan fingerprint density at radius 3 is 3.05 bits per heavy atom. The van der Waals surface area contributed by atoms with Crippen LogP contribution in [0, 0.1) is 0 Å². The summed E-state index contributed by atoms with van der Waals surface area (Å²) in [6, 6.07) is 6.77. The molecule has 0 radical (unpaired) electrons. The molecular weight excluding hydrogens is 260 g/mol. The maximum Gasteiger partial charge on any atom is 0.257 e. The molecule has 0 saturated carbocycles. The number of rotatable bonds is 3. The molecule has 1 aromatic carbocycles. The fraction of sp³-hybridized carbons (Fsp3) is 0.143. The number of H-pyrrole nitrogens is 1. The van der Waals surface area contributed by atoms with Crippen molar-refractivity contribution in [3.05, 3.63) is 58.0 Å². The van der Waals surface area contributed by atoms with Crippen LogP contribution in [0.3, 0.4) is 0 Å². The summed E-state index contributed by atoms with van der Waals surface area (Å²) in [5.41, 5.74) is 0.567. The number of fused-ring (bicyclic) bond motifs is 1. The molecule has 3 rings (SSSR count). The highest BCUT2D eigenvalue weighted by Crippen LogP contribution is 2.35.